The first-order valence-corrected chi connectivity index (χ1v) is 27.1. The molecule has 366 valence electrons. The van der Waals surface area contributed by atoms with E-state index in [1.165, 1.54) is 143 Å². The topological polar surface area (TPSA) is 9.86 Å². The molecular formula is C76H52N2. The number of benzene rings is 13. The van der Waals surface area contributed by atoms with Crippen LogP contribution < -0.4 is 0 Å². The Labute approximate surface area is 454 Å². The third-order valence-corrected chi connectivity index (χ3v) is 16.2. The maximum atomic E-state index is 2.45. The van der Waals surface area contributed by atoms with Crippen LogP contribution in [0.5, 0.6) is 0 Å². The van der Waals surface area contributed by atoms with E-state index in [-0.39, 0.29) is 0 Å². The number of fused-ring (bicyclic) bond motifs is 8. The van der Waals surface area contributed by atoms with Crippen molar-refractivity contribution in [2.45, 2.75) is 13.8 Å². The fourth-order valence-corrected chi connectivity index (χ4v) is 12.4. The molecule has 0 unspecified atom stereocenters. The molecule has 0 saturated heterocycles. The van der Waals surface area contributed by atoms with Gasteiger partial charge in [0.15, 0.2) is 0 Å². The van der Waals surface area contributed by atoms with E-state index in [2.05, 4.69) is 302 Å². The highest BCUT2D eigenvalue weighted by Gasteiger charge is 2.21. The SMILES string of the molecule is Cc1ccc(-c2ccc3c(c2)c2cc(-c4ccc5c(-c6ccccc6)c6cc(-c7ccc8c(c7)c7cc(-c9ccc(C)cc9)ccc7n8-c7ccccc7)ccc6c(-c6ccccc6)c5c4)ccc2n3-c2ccccc2)cc1. The first-order chi connectivity index (χ1) is 38.5. The highest BCUT2D eigenvalue weighted by molar-refractivity contribution is 6.23. The van der Waals surface area contributed by atoms with Crippen LogP contribution in [0.2, 0.25) is 0 Å². The van der Waals surface area contributed by atoms with E-state index in [1.807, 2.05) is 0 Å². The summed E-state index contributed by atoms with van der Waals surface area (Å²) in [5.41, 5.74) is 24.0. The normalized spacial score (nSPS) is 11.7. The zero-order valence-electron chi connectivity index (χ0n) is 43.5. The summed E-state index contributed by atoms with van der Waals surface area (Å²) in [7, 11) is 0. The zero-order chi connectivity index (χ0) is 51.8. The Hall–Kier alpha value is -10.0. The van der Waals surface area contributed by atoms with Crippen LogP contribution in [0.4, 0.5) is 0 Å². The number of para-hydroxylation sites is 2. The quantitative estimate of drug-likeness (QED) is 0.134. The minimum absolute atomic E-state index is 1.15. The standard InChI is InChI=1S/C76H52N2/c1-49-23-27-51(28-24-49)55-33-39-71-65(43-55)67-45-59(35-41-73(67)77(71)61-19-11-5-12-20-61)57-31-37-63-69(47-57)75(53-15-7-3-8-16-53)64-38-32-58(48-70(64)76(63)54-17-9-4-10-18-54)60-36-42-74-68(46-60)66-44-56(52-29-25-50(2)26-30-52)34-40-72(66)78(74)62-21-13-6-14-22-62/h3-48H,1-2H3. The van der Waals surface area contributed by atoms with Gasteiger partial charge < -0.3 is 9.13 Å². The van der Waals surface area contributed by atoms with Crippen molar-refractivity contribution in [1.29, 1.82) is 0 Å². The minimum atomic E-state index is 1.15. The molecule has 15 rings (SSSR count). The van der Waals surface area contributed by atoms with E-state index in [0.29, 0.717) is 0 Å². The van der Waals surface area contributed by atoms with Crippen molar-refractivity contribution in [2.75, 3.05) is 0 Å². The molecule has 0 N–H and O–H groups in total. The van der Waals surface area contributed by atoms with Crippen molar-refractivity contribution >= 4 is 65.2 Å². The molecule has 0 radical (unpaired) electrons. The highest BCUT2D eigenvalue weighted by Crippen LogP contribution is 2.47. The maximum absolute atomic E-state index is 2.45. The molecule has 0 saturated carbocycles. The molecule has 2 heteroatoms. The third kappa shape index (κ3) is 7.56. The molecule has 15 aromatic rings. The second-order valence-electron chi connectivity index (χ2n) is 21.0. The minimum Gasteiger partial charge on any atom is -0.309 e. The Morgan fingerprint density at radius 1 is 0.192 bits per heavy atom. The smallest absolute Gasteiger partial charge is 0.0541 e. The fourth-order valence-electron chi connectivity index (χ4n) is 12.4. The number of hydrogen-bond donors (Lipinski definition) is 0. The van der Waals surface area contributed by atoms with Gasteiger partial charge in [-0.3, -0.25) is 0 Å². The summed E-state index contributed by atoms with van der Waals surface area (Å²) >= 11 is 0. The van der Waals surface area contributed by atoms with Crippen molar-refractivity contribution in [2.24, 2.45) is 0 Å². The van der Waals surface area contributed by atoms with E-state index >= 15 is 0 Å². The second-order valence-corrected chi connectivity index (χ2v) is 21.0. The molecule has 78 heavy (non-hydrogen) atoms. The molecule has 0 aliphatic carbocycles. The van der Waals surface area contributed by atoms with E-state index in [1.54, 1.807) is 0 Å². The largest absolute Gasteiger partial charge is 0.309 e. The number of hydrogen-bond acceptors (Lipinski definition) is 0. The van der Waals surface area contributed by atoms with E-state index in [0.717, 1.165) is 11.4 Å². The lowest BCUT2D eigenvalue weighted by Gasteiger charge is -2.20. The summed E-state index contributed by atoms with van der Waals surface area (Å²) in [6, 6.07) is 104. The molecule has 0 aliphatic rings. The lowest BCUT2D eigenvalue weighted by Crippen LogP contribution is -1.94. The van der Waals surface area contributed by atoms with Gasteiger partial charge in [0.1, 0.15) is 0 Å². The zero-order valence-corrected chi connectivity index (χ0v) is 43.5. The van der Waals surface area contributed by atoms with E-state index in [4.69, 9.17) is 0 Å². The van der Waals surface area contributed by atoms with Crippen LogP contribution in [0.25, 0.3) is 143 Å². The highest BCUT2D eigenvalue weighted by atomic mass is 15.0. The Morgan fingerprint density at radius 3 is 0.769 bits per heavy atom. The number of aromatic nitrogens is 2. The Bertz CT molecular complexity index is 4490. The summed E-state index contributed by atoms with van der Waals surface area (Å²) in [6.07, 6.45) is 0. The van der Waals surface area contributed by atoms with Gasteiger partial charge >= 0.3 is 0 Å². The Morgan fingerprint density at radius 2 is 0.449 bits per heavy atom. The van der Waals surface area contributed by atoms with Gasteiger partial charge in [0.2, 0.25) is 0 Å². The molecule has 2 heterocycles. The fraction of sp³-hybridized carbons (Fsp3) is 0.0263. The second kappa shape index (κ2) is 18.4. The van der Waals surface area contributed by atoms with Crippen molar-refractivity contribution in [3.05, 3.63) is 290 Å². The summed E-state index contributed by atoms with van der Waals surface area (Å²) in [6.45, 7) is 4.30. The van der Waals surface area contributed by atoms with Gasteiger partial charge in [-0.25, -0.2) is 0 Å². The van der Waals surface area contributed by atoms with E-state index < -0.39 is 0 Å². The molecule has 0 bridgehead atoms. The predicted molar refractivity (Wildman–Crippen MR) is 332 cm³/mol. The van der Waals surface area contributed by atoms with Crippen LogP contribution in [-0.2, 0) is 0 Å². The van der Waals surface area contributed by atoms with Gasteiger partial charge in [-0.2, -0.15) is 0 Å². The average Bonchev–Trinajstić information content (AvgIpc) is 4.20. The Kier molecular flexibility index (Phi) is 10.7. The first-order valence-electron chi connectivity index (χ1n) is 27.1. The molecule has 0 atom stereocenters. The molecule has 0 spiro atoms. The summed E-state index contributed by atoms with van der Waals surface area (Å²) in [5, 5.41) is 9.84. The van der Waals surface area contributed by atoms with Gasteiger partial charge in [0, 0.05) is 32.9 Å². The predicted octanol–water partition coefficient (Wildman–Crippen LogP) is 20.8. The molecule has 0 fully saturated rings. The van der Waals surface area contributed by atoms with Crippen LogP contribution >= 0.6 is 0 Å². The molecule has 0 aliphatic heterocycles. The molecule has 13 aromatic carbocycles. The van der Waals surface area contributed by atoms with Crippen LogP contribution in [0.1, 0.15) is 11.1 Å². The van der Waals surface area contributed by atoms with Crippen molar-refractivity contribution in [1.82, 2.24) is 9.13 Å². The number of aryl methyl sites for hydroxylation is 2. The van der Waals surface area contributed by atoms with Crippen molar-refractivity contribution in [3.63, 3.8) is 0 Å². The maximum Gasteiger partial charge on any atom is 0.0541 e. The number of rotatable bonds is 8. The summed E-state index contributed by atoms with van der Waals surface area (Å²) in [4.78, 5) is 0. The van der Waals surface area contributed by atoms with Gasteiger partial charge in [-0.1, -0.05) is 205 Å². The Balaban J connectivity index is 0.939. The summed E-state index contributed by atoms with van der Waals surface area (Å²) < 4.78 is 4.83. The molecule has 0 amide bonds. The first kappa shape index (κ1) is 45.4. The van der Waals surface area contributed by atoms with Crippen LogP contribution in [-0.4, -0.2) is 9.13 Å². The van der Waals surface area contributed by atoms with Crippen LogP contribution in [0.15, 0.2) is 279 Å². The van der Waals surface area contributed by atoms with Gasteiger partial charge in [0.25, 0.3) is 0 Å². The van der Waals surface area contributed by atoms with Crippen molar-refractivity contribution < 1.29 is 0 Å². The van der Waals surface area contributed by atoms with E-state index in [9.17, 15) is 0 Å². The van der Waals surface area contributed by atoms with Gasteiger partial charge in [-0.05, 0) is 187 Å². The molecule has 2 aromatic heterocycles. The lowest BCUT2D eigenvalue weighted by molar-refractivity contribution is 1.18. The van der Waals surface area contributed by atoms with Crippen LogP contribution in [0, 0.1) is 13.8 Å². The van der Waals surface area contributed by atoms with Gasteiger partial charge in [-0.15, -0.1) is 0 Å². The monoisotopic (exact) mass is 992 g/mol. The van der Waals surface area contributed by atoms with Crippen LogP contribution in [0.3, 0.4) is 0 Å². The summed E-state index contributed by atoms with van der Waals surface area (Å²) in [5.74, 6) is 0. The van der Waals surface area contributed by atoms with Gasteiger partial charge in [0.05, 0.1) is 22.1 Å². The molecule has 2 nitrogen and oxygen atoms in total. The number of nitrogens with zero attached hydrogens (tertiary/aromatic N) is 2. The lowest BCUT2D eigenvalue weighted by atomic mass is 9.84. The van der Waals surface area contributed by atoms with Crippen molar-refractivity contribution in [3.8, 4) is 78.1 Å². The molecular weight excluding hydrogens is 941 g/mol. The third-order valence-electron chi connectivity index (χ3n) is 16.2. The average molecular weight is 993 g/mol.